The molecule has 26 heavy (non-hydrogen) atoms. The van der Waals surface area contributed by atoms with Crippen molar-refractivity contribution >= 4 is 40.6 Å². The Morgan fingerprint density at radius 3 is 2.85 bits per heavy atom. The number of carbonyl (C=O) groups excluding carboxylic acids is 3. The maximum absolute atomic E-state index is 12.3. The molecule has 138 valence electrons. The zero-order valence-corrected chi connectivity index (χ0v) is 14.4. The Hall–Kier alpha value is -2.92. The summed E-state index contributed by atoms with van der Waals surface area (Å²) < 4.78 is 4.78. The molecule has 1 aliphatic rings. The number of carbonyl (C=O) groups is 3. The summed E-state index contributed by atoms with van der Waals surface area (Å²) in [5.41, 5.74) is -0.250. The molecule has 0 saturated carbocycles. The first kappa shape index (κ1) is 19.4. The second-order valence-electron chi connectivity index (χ2n) is 5.12. The van der Waals surface area contributed by atoms with Crippen LogP contribution in [0.4, 0.5) is 10.5 Å². The van der Waals surface area contributed by atoms with Crippen LogP contribution in [0.3, 0.4) is 0 Å². The lowest BCUT2D eigenvalue weighted by atomic mass is 10.1. The predicted octanol–water partition coefficient (Wildman–Crippen LogP) is 1.10. The van der Waals surface area contributed by atoms with Crippen LogP contribution in [-0.4, -0.2) is 58.8 Å². The van der Waals surface area contributed by atoms with Gasteiger partial charge in [-0.2, -0.15) is 0 Å². The van der Waals surface area contributed by atoms with E-state index in [0.717, 1.165) is 17.0 Å². The van der Waals surface area contributed by atoms with Gasteiger partial charge in [0.1, 0.15) is 6.54 Å². The molecule has 1 aliphatic heterocycles. The number of hydrogen-bond donors (Lipinski definition) is 2. The van der Waals surface area contributed by atoms with E-state index >= 15 is 0 Å². The van der Waals surface area contributed by atoms with Crippen molar-refractivity contribution in [2.45, 2.75) is 0 Å². The number of benzene rings is 1. The topological polar surface area (TPSA) is 139 Å². The Labute approximate surface area is 151 Å². The van der Waals surface area contributed by atoms with Crippen LogP contribution in [0.1, 0.15) is 5.56 Å². The molecule has 1 fully saturated rings. The van der Waals surface area contributed by atoms with Crippen LogP contribution in [0, 0.1) is 10.1 Å². The standard InChI is InChI=1S/C15H15N3O7S/c1-25-5-4-16-13(20)8-17-14(21)12(26-15(17)22)7-9-2-3-11(19)10(6-9)18(23)24/h2-3,6-7,19H,4-5,8H2,1H3,(H,16,20)/b12-7-. The van der Waals surface area contributed by atoms with E-state index in [1.54, 1.807) is 0 Å². The molecule has 11 heteroatoms. The summed E-state index contributed by atoms with van der Waals surface area (Å²) in [6, 6.07) is 3.58. The largest absolute Gasteiger partial charge is 0.502 e. The second-order valence-corrected chi connectivity index (χ2v) is 6.11. The number of nitrogens with one attached hydrogen (secondary N) is 1. The van der Waals surface area contributed by atoms with Crippen molar-refractivity contribution in [3.8, 4) is 5.75 Å². The Bertz CT molecular complexity index is 793. The minimum absolute atomic E-state index is 0.0275. The normalized spacial score (nSPS) is 15.6. The summed E-state index contributed by atoms with van der Waals surface area (Å²) in [6.45, 7) is 0.118. The van der Waals surface area contributed by atoms with E-state index in [2.05, 4.69) is 5.32 Å². The number of methoxy groups -OCH3 is 1. The maximum atomic E-state index is 12.3. The van der Waals surface area contributed by atoms with Crippen LogP contribution < -0.4 is 5.32 Å². The average Bonchev–Trinajstić information content (AvgIpc) is 2.84. The van der Waals surface area contributed by atoms with E-state index in [4.69, 9.17) is 4.74 Å². The highest BCUT2D eigenvalue weighted by Gasteiger charge is 2.36. The van der Waals surface area contributed by atoms with Gasteiger partial charge in [-0.05, 0) is 29.5 Å². The molecule has 1 aromatic carbocycles. The number of amides is 3. The number of nitrogens with zero attached hydrogens (tertiary/aromatic N) is 2. The van der Waals surface area contributed by atoms with Crippen molar-refractivity contribution in [2.75, 3.05) is 26.8 Å². The molecule has 1 saturated heterocycles. The lowest BCUT2D eigenvalue weighted by Gasteiger charge is -2.12. The molecule has 2 rings (SSSR count). The molecule has 1 heterocycles. The maximum Gasteiger partial charge on any atom is 0.311 e. The minimum Gasteiger partial charge on any atom is -0.502 e. The van der Waals surface area contributed by atoms with Crippen molar-refractivity contribution in [2.24, 2.45) is 0 Å². The zero-order chi connectivity index (χ0) is 19.3. The van der Waals surface area contributed by atoms with Crippen LogP contribution in [0.25, 0.3) is 6.08 Å². The predicted molar refractivity (Wildman–Crippen MR) is 92.3 cm³/mol. The molecule has 0 unspecified atom stereocenters. The second kappa shape index (κ2) is 8.45. The van der Waals surface area contributed by atoms with Crippen LogP contribution in [0.15, 0.2) is 23.1 Å². The molecular weight excluding hydrogens is 366 g/mol. The van der Waals surface area contributed by atoms with Gasteiger partial charge in [0.2, 0.25) is 5.91 Å². The van der Waals surface area contributed by atoms with Gasteiger partial charge in [0, 0.05) is 19.7 Å². The van der Waals surface area contributed by atoms with Gasteiger partial charge in [-0.1, -0.05) is 6.07 Å². The SMILES string of the molecule is COCCNC(=O)CN1C(=O)S/C(=C\c2ccc(O)c([N+](=O)[O-])c2)C1=O. The first-order valence-electron chi connectivity index (χ1n) is 7.32. The molecule has 0 aromatic heterocycles. The number of nitro benzene ring substituents is 1. The lowest BCUT2D eigenvalue weighted by molar-refractivity contribution is -0.385. The monoisotopic (exact) mass is 381 g/mol. The van der Waals surface area contributed by atoms with E-state index < -0.39 is 40.0 Å². The van der Waals surface area contributed by atoms with Crippen molar-refractivity contribution in [3.63, 3.8) is 0 Å². The third-order valence-electron chi connectivity index (χ3n) is 3.30. The minimum atomic E-state index is -0.761. The Balaban J connectivity index is 2.13. The number of rotatable bonds is 7. The van der Waals surface area contributed by atoms with Gasteiger partial charge in [-0.15, -0.1) is 0 Å². The zero-order valence-electron chi connectivity index (χ0n) is 13.6. The molecule has 1 aromatic rings. The van der Waals surface area contributed by atoms with Gasteiger partial charge in [-0.25, -0.2) is 0 Å². The number of nitro groups is 1. The van der Waals surface area contributed by atoms with Gasteiger partial charge in [0.05, 0.1) is 16.4 Å². The third-order valence-corrected chi connectivity index (χ3v) is 4.20. The van der Waals surface area contributed by atoms with Crippen LogP contribution in [-0.2, 0) is 14.3 Å². The first-order chi connectivity index (χ1) is 12.3. The molecular formula is C15H15N3O7S. The summed E-state index contributed by atoms with van der Waals surface area (Å²) >= 11 is 0.627. The highest BCUT2D eigenvalue weighted by Crippen LogP contribution is 2.33. The van der Waals surface area contributed by atoms with E-state index in [1.165, 1.54) is 19.3 Å². The highest BCUT2D eigenvalue weighted by atomic mass is 32.2. The van der Waals surface area contributed by atoms with E-state index in [1.807, 2.05) is 0 Å². The molecule has 0 spiro atoms. The fraction of sp³-hybridized carbons (Fsp3) is 0.267. The van der Waals surface area contributed by atoms with Crippen LogP contribution >= 0.6 is 11.8 Å². The quantitative estimate of drug-likeness (QED) is 0.310. The fourth-order valence-corrected chi connectivity index (χ4v) is 2.89. The summed E-state index contributed by atoms with van der Waals surface area (Å²) in [5.74, 6) is -1.68. The number of aromatic hydroxyl groups is 1. The van der Waals surface area contributed by atoms with Crippen LogP contribution in [0.5, 0.6) is 5.75 Å². The molecule has 0 aliphatic carbocycles. The number of hydrogen-bond acceptors (Lipinski definition) is 8. The van der Waals surface area contributed by atoms with Crippen LogP contribution in [0.2, 0.25) is 0 Å². The number of phenolic OH excluding ortho intramolecular Hbond substituents is 1. The van der Waals surface area contributed by atoms with Gasteiger partial charge in [0.25, 0.3) is 11.1 Å². The molecule has 2 N–H and O–H groups in total. The van der Waals surface area contributed by atoms with Gasteiger partial charge in [0.15, 0.2) is 5.75 Å². The summed E-state index contributed by atoms with van der Waals surface area (Å²) in [6.07, 6.45) is 1.29. The lowest BCUT2D eigenvalue weighted by Crippen LogP contribution is -2.40. The molecule has 0 radical (unpaired) electrons. The average molecular weight is 381 g/mol. The summed E-state index contributed by atoms with van der Waals surface area (Å²) in [4.78, 5) is 46.9. The number of imide groups is 1. The Morgan fingerprint density at radius 2 is 2.19 bits per heavy atom. The molecule has 3 amide bonds. The van der Waals surface area contributed by atoms with E-state index in [-0.39, 0.29) is 17.0 Å². The molecule has 0 atom stereocenters. The van der Waals surface area contributed by atoms with Gasteiger partial charge < -0.3 is 15.2 Å². The Kier molecular flexibility index (Phi) is 6.31. The smallest absolute Gasteiger partial charge is 0.311 e. The van der Waals surface area contributed by atoms with Crippen molar-refractivity contribution < 1.29 is 29.2 Å². The van der Waals surface area contributed by atoms with E-state index in [9.17, 15) is 29.6 Å². The molecule has 0 bridgehead atoms. The van der Waals surface area contributed by atoms with Gasteiger partial charge >= 0.3 is 5.69 Å². The molecule has 10 nitrogen and oxygen atoms in total. The van der Waals surface area contributed by atoms with Crippen molar-refractivity contribution in [3.05, 3.63) is 38.8 Å². The number of phenols is 1. The van der Waals surface area contributed by atoms with Crippen molar-refractivity contribution in [1.29, 1.82) is 0 Å². The number of thioether (sulfide) groups is 1. The summed E-state index contributed by atoms with van der Waals surface area (Å²) in [5, 5.41) is 22.2. The van der Waals surface area contributed by atoms with Crippen molar-refractivity contribution in [1.82, 2.24) is 10.2 Å². The highest BCUT2D eigenvalue weighted by molar-refractivity contribution is 8.18. The van der Waals surface area contributed by atoms with E-state index in [0.29, 0.717) is 18.4 Å². The third kappa shape index (κ3) is 4.58. The first-order valence-corrected chi connectivity index (χ1v) is 8.13. The Morgan fingerprint density at radius 1 is 1.46 bits per heavy atom. The summed E-state index contributed by atoms with van der Waals surface area (Å²) in [7, 11) is 1.47. The van der Waals surface area contributed by atoms with Gasteiger partial charge in [-0.3, -0.25) is 29.4 Å². The number of ether oxygens (including phenoxy) is 1. The fourth-order valence-electron chi connectivity index (χ4n) is 2.06.